The van der Waals surface area contributed by atoms with Crippen molar-refractivity contribution in [3.05, 3.63) is 75.8 Å². The van der Waals surface area contributed by atoms with E-state index in [1.807, 2.05) is 24.3 Å². The molecule has 0 saturated heterocycles. The lowest BCUT2D eigenvalue weighted by Gasteiger charge is -2.17. The summed E-state index contributed by atoms with van der Waals surface area (Å²) in [5.41, 5.74) is 2.30. The molecule has 1 unspecified atom stereocenters. The number of non-ortho nitro benzene ring substituents is 1. The van der Waals surface area contributed by atoms with Crippen molar-refractivity contribution in [2.75, 3.05) is 0 Å². The molecule has 2 aromatic carbocycles. The Morgan fingerprint density at radius 1 is 1.15 bits per heavy atom. The van der Waals surface area contributed by atoms with Crippen LogP contribution < -0.4 is 5.32 Å². The van der Waals surface area contributed by atoms with Crippen LogP contribution in [0.2, 0.25) is 0 Å². The minimum Gasteiger partial charge on any atom is -0.306 e. The molecule has 0 aromatic heterocycles. The molecule has 2 aromatic rings. The highest BCUT2D eigenvalue weighted by Gasteiger charge is 2.09. The van der Waals surface area contributed by atoms with Crippen LogP contribution in [0.5, 0.6) is 0 Å². The number of rotatable bonds is 6. The maximum Gasteiger partial charge on any atom is 0.269 e. The number of nitro groups is 1. The van der Waals surface area contributed by atoms with Gasteiger partial charge in [0.2, 0.25) is 0 Å². The van der Waals surface area contributed by atoms with Crippen LogP contribution in [0.15, 0.2) is 54.6 Å². The summed E-state index contributed by atoms with van der Waals surface area (Å²) in [5, 5.41) is 14.2. The van der Waals surface area contributed by atoms with Crippen LogP contribution >= 0.6 is 0 Å². The van der Waals surface area contributed by atoms with Gasteiger partial charge in [0.25, 0.3) is 5.69 Å². The van der Waals surface area contributed by atoms with Crippen molar-refractivity contribution in [2.24, 2.45) is 0 Å². The number of nitrogens with zero attached hydrogens (tertiary/aromatic N) is 1. The van der Waals surface area contributed by atoms with Crippen LogP contribution in [0, 0.1) is 10.1 Å². The van der Waals surface area contributed by atoms with E-state index in [9.17, 15) is 10.1 Å². The third kappa shape index (κ3) is 3.65. The summed E-state index contributed by atoms with van der Waals surface area (Å²) in [4.78, 5) is 10.4. The normalized spacial score (nSPS) is 12.1. The van der Waals surface area contributed by atoms with E-state index in [2.05, 4.69) is 24.4 Å². The molecule has 1 atom stereocenters. The van der Waals surface area contributed by atoms with Crippen molar-refractivity contribution >= 4 is 5.69 Å². The maximum atomic E-state index is 10.8. The van der Waals surface area contributed by atoms with Crippen LogP contribution in [0.25, 0.3) is 0 Å². The zero-order chi connectivity index (χ0) is 14.4. The quantitative estimate of drug-likeness (QED) is 0.641. The van der Waals surface area contributed by atoms with Crippen molar-refractivity contribution in [1.29, 1.82) is 0 Å². The second-order valence-electron chi connectivity index (χ2n) is 4.68. The van der Waals surface area contributed by atoms with Gasteiger partial charge in [0.15, 0.2) is 0 Å². The minimum absolute atomic E-state index is 0.136. The third-order valence-electron chi connectivity index (χ3n) is 3.28. The van der Waals surface area contributed by atoms with E-state index in [-0.39, 0.29) is 16.7 Å². The van der Waals surface area contributed by atoms with E-state index < -0.39 is 0 Å². The van der Waals surface area contributed by atoms with Crippen molar-refractivity contribution < 1.29 is 4.92 Å². The van der Waals surface area contributed by atoms with Gasteiger partial charge < -0.3 is 5.32 Å². The molecule has 0 heterocycles. The molecular formula is C16H18N2O2. The molecule has 0 amide bonds. The lowest BCUT2D eigenvalue weighted by atomic mass is 10.0. The van der Waals surface area contributed by atoms with E-state index in [0.29, 0.717) is 6.54 Å². The van der Waals surface area contributed by atoms with Gasteiger partial charge in [-0.2, -0.15) is 0 Å². The number of hydrogen-bond donors (Lipinski definition) is 1. The largest absolute Gasteiger partial charge is 0.306 e. The Hall–Kier alpha value is -2.20. The monoisotopic (exact) mass is 270 g/mol. The fourth-order valence-electron chi connectivity index (χ4n) is 2.20. The molecule has 4 heteroatoms. The summed E-state index contributed by atoms with van der Waals surface area (Å²) < 4.78 is 0. The summed E-state index contributed by atoms with van der Waals surface area (Å²) in [6.07, 6.45) is 0.971. The molecule has 0 radical (unpaired) electrons. The Balaban J connectivity index is 2.03. The molecule has 0 aliphatic carbocycles. The molecule has 0 spiro atoms. The summed E-state index contributed by atoms with van der Waals surface area (Å²) in [7, 11) is 0. The second kappa shape index (κ2) is 6.82. The molecule has 1 N–H and O–H groups in total. The van der Waals surface area contributed by atoms with Crippen LogP contribution in [-0.4, -0.2) is 4.92 Å². The number of hydrogen-bond acceptors (Lipinski definition) is 3. The third-order valence-corrected chi connectivity index (χ3v) is 3.28. The highest BCUT2D eigenvalue weighted by molar-refractivity contribution is 5.34. The number of benzene rings is 2. The van der Waals surface area contributed by atoms with Gasteiger partial charge in [0.05, 0.1) is 4.92 Å². The molecule has 0 aliphatic rings. The molecular weight excluding hydrogens is 252 g/mol. The summed E-state index contributed by atoms with van der Waals surface area (Å²) >= 11 is 0. The Bertz CT molecular complexity index is 570. The molecule has 0 bridgehead atoms. The highest BCUT2D eigenvalue weighted by atomic mass is 16.6. The predicted octanol–water partition coefficient (Wildman–Crippen LogP) is 3.84. The molecule has 20 heavy (non-hydrogen) atoms. The first-order valence-corrected chi connectivity index (χ1v) is 6.72. The topological polar surface area (TPSA) is 55.2 Å². The van der Waals surface area contributed by atoms with Crippen LogP contribution in [-0.2, 0) is 6.54 Å². The van der Waals surface area contributed by atoms with Crippen molar-refractivity contribution in [1.82, 2.24) is 5.32 Å². The Labute approximate surface area is 118 Å². The maximum absolute atomic E-state index is 10.8. The Morgan fingerprint density at radius 3 is 2.55 bits per heavy atom. The fraction of sp³-hybridized carbons (Fsp3) is 0.250. The zero-order valence-corrected chi connectivity index (χ0v) is 11.5. The van der Waals surface area contributed by atoms with Crippen molar-refractivity contribution in [3.8, 4) is 0 Å². The van der Waals surface area contributed by atoms with E-state index >= 15 is 0 Å². The van der Waals surface area contributed by atoms with E-state index in [0.717, 1.165) is 12.0 Å². The summed E-state index contributed by atoms with van der Waals surface area (Å²) in [6.45, 7) is 2.74. The average Bonchev–Trinajstić information content (AvgIpc) is 2.49. The Kier molecular flexibility index (Phi) is 4.85. The number of nitrogens with one attached hydrogen (secondary N) is 1. The molecule has 0 aliphatic heterocycles. The molecule has 0 saturated carbocycles. The second-order valence-corrected chi connectivity index (χ2v) is 4.68. The van der Waals surface area contributed by atoms with Crippen molar-refractivity contribution in [2.45, 2.75) is 25.9 Å². The summed E-state index contributed by atoms with van der Waals surface area (Å²) in [5.74, 6) is 0. The molecule has 4 nitrogen and oxygen atoms in total. The van der Waals surface area contributed by atoms with Gasteiger partial charge in [-0.3, -0.25) is 10.1 Å². The van der Waals surface area contributed by atoms with Gasteiger partial charge in [-0.15, -0.1) is 0 Å². The van der Waals surface area contributed by atoms with Gasteiger partial charge >= 0.3 is 0 Å². The fourth-order valence-corrected chi connectivity index (χ4v) is 2.20. The first-order valence-electron chi connectivity index (χ1n) is 6.72. The molecule has 2 rings (SSSR count). The SMILES string of the molecule is CCC(NCc1cccc([N+](=O)[O-])c1)c1ccccc1. The van der Waals surface area contributed by atoms with E-state index in [1.165, 1.54) is 11.6 Å². The van der Waals surface area contributed by atoms with Gasteiger partial charge in [-0.1, -0.05) is 49.4 Å². The average molecular weight is 270 g/mol. The highest BCUT2D eigenvalue weighted by Crippen LogP contribution is 2.18. The lowest BCUT2D eigenvalue weighted by Crippen LogP contribution is -2.20. The first kappa shape index (κ1) is 14.2. The van der Waals surface area contributed by atoms with Gasteiger partial charge in [0, 0.05) is 24.7 Å². The van der Waals surface area contributed by atoms with Crippen LogP contribution in [0.4, 0.5) is 5.69 Å². The van der Waals surface area contributed by atoms with Gasteiger partial charge in [-0.25, -0.2) is 0 Å². The van der Waals surface area contributed by atoms with Crippen LogP contribution in [0.3, 0.4) is 0 Å². The molecule has 0 fully saturated rings. The minimum atomic E-state index is -0.363. The van der Waals surface area contributed by atoms with E-state index in [1.54, 1.807) is 12.1 Å². The summed E-state index contributed by atoms with van der Waals surface area (Å²) in [6, 6.07) is 17.2. The Morgan fingerprint density at radius 2 is 1.90 bits per heavy atom. The smallest absolute Gasteiger partial charge is 0.269 e. The van der Waals surface area contributed by atoms with Gasteiger partial charge in [0.1, 0.15) is 0 Å². The molecule has 104 valence electrons. The standard InChI is InChI=1S/C16H18N2O2/c1-2-16(14-8-4-3-5-9-14)17-12-13-7-6-10-15(11-13)18(19)20/h3-11,16-17H,2,12H2,1H3. The number of nitro benzene ring substituents is 1. The lowest BCUT2D eigenvalue weighted by molar-refractivity contribution is -0.384. The zero-order valence-electron chi connectivity index (χ0n) is 11.5. The first-order chi connectivity index (χ1) is 9.70. The van der Waals surface area contributed by atoms with E-state index in [4.69, 9.17) is 0 Å². The van der Waals surface area contributed by atoms with Gasteiger partial charge in [-0.05, 0) is 17.5 Å². The predicted molar refractivity (Wildman–Crippen MR) is 79.4 cm³/mol. The van der Waals surface area contributed by atoms with Crippen molar-refractivity contribution in [3.63, 3.8) is 0 Å². The van der Waals surface area contributed by atoms with Crippen LogP contribution in [0.1, 0.15) is 30.5 Å².